The zero-order chi connectivity index (χ0) is 55.0. The Balaban J connectivity index is 1.49. The number of allylic oxidation sites excluding steroid dienone is 3. The lowest BCUT2D eigenvalue weighted by Crippen LogP contribution is -2.61. The molecule has 1 aliphatic carbocycles. The zero-order valence-corrected chi connectivity index (χ0v) is 47.0. The van der Waals surface area contributed by atoms with E-state index in [1.807, 2.05) is 16.2 Å². The van der Waals surface area contributed by atoms with Crippen molar-refractivity contribution in [3.8, 4) is 12.3 Å². The fraction of sp³-hybridized carbons (Fsp3) is 0.344. The molecule has 3 aliphatic rings. The molecule has 354 valence electrons. The van der Waals surface area contributed by atoms with Gasteiger partial charge in [-0.15, -0.1) is 39.2 Å². The van der Waals surface area contributed by atoms with Gasteiger partial charge in [-0.1, -0.05) is 149 Å². The first kappa shape index (κ1) is 54.7. The highest BCUT2D eigenvalue weighted by molar-refractivity contribution is 7.29. The van der Waals surface area contributed by atoms with Crippen molar-refractivity contribution in [2.75, 3.05) is 21.2 Å². The van der Waals surface area contributed by atoms with Crippen LogP contribution >= 0.6 is 11.3 Å². The van der Waals surface area contributed by atoms with Gasteiger partial charge in [-0.3, -0.25) is 0 Å². The lowest BCUT2D eigenvalue weighted by Gasteiger charge is -2.46. The average Bonchev–Trinajstić information content (AvgIpc) is 3.77. The van der Waals surface area contributed by atoms with Crippen LogP contribution in [0.15, 0.2) is 101 Å². The van der Waals surface area contributed by atoms with Gasteiger partial charge < -0.3 is 14.7 Å². The van der Waals surface area contributed by atoms with E-state index in [2.05, 4.69) is 185 Å². The minimum Gasteiger partial charge on any atom is -0.339 e. The summed E-state index contributed by atoms with van der Waals surface area (Å²) in [5.41, 5.74) is 14.6. The largest absolute Gasteiger partial charge is 0.339 e. The summed E-state index contributed by atoms with van der Waals surface area (Å²) >= 11 is 1.98. The highest BCUT2D eigenvalue weighted by atomic mass is 32.1. The van der Waals surface area contributed by atoms with Crippen LogP contribution < -0.4 is 57.7 Å². The molecule has 0 bridgehead atoms. The summed E-state index contributed by atoms with van der Waals surface area (Å²) in [7, 11) is 60.5. The van der Waals surface area contributed by atoms with Gasteiger partial charge in [0, 0.05) is 56.0 Å². The van der Waals surface area contributed by atoms with Gasteiger partial charge in [-0.25, -0.2) is 0 Å². The van der Waals surface area contributed by atoms with Gasteiger partial charge in [0.05, 0.1) is 5.69 Å². The SMILES string of the molecule is [B]/C(C#C)=C([B])/C([B])=C(/[B])CN(c1cc2c3c(c1)N(c1ccc(C(C)(C)C)cc1)c1c(sc4c1C(C)(C)CCC4(C)C)B3c1cc(C(C)(C)C)ccc1N2c1ccc(C(C)(C)C)cc1)c1c([B])c([B])c([B])c([B])c1[B]. The van der Waals surface area contributed by atoms with E-state index in [4.69, 9.17) is 77.0 Å². The summed E-state index contributed by atoms with van der Waals surface area (Å²) in [5.74, 6) is 2.39. The summed E-state index contributed by atoms with van der Waals surface area (Å²) in [6.45, 7) is 29.7. The van der Waals surface area contributed by atoms with Crippen LogP contribution in [0.25, 0.3) is 0 Å². The molecule has 0 saturated carbocycles. The minimum atomic E-state index is -0.169. The van der Waals surface area contributed by atoms with E-state index in [0.29, 0.717) is 11.4 Å². The van der Waals surface area contributed by atoms with Gasteiger partial charge in [0.25, 0.3) is 6.71 Å². The third-order valence-corrected chi connectivity index (χ3v) is 17.7. The standard InChI is InChI=1S/C61H59B10N3S/c1-15-38(62)45(64)46(65)39(63)31-72(54-50(69)48(67)47(66)49(68)51(54)70)37-29-42-52-43(30-37)74(36-23-18-33(19-24-36)58(5,6)7)53-44-55(61(13,14)27-26-60(44,11)12)75-56(53)71(52)40-28-34(59(8,9)10)20-25-41(40)73(42)35-21-16-32(17-22-35)57(2,3)4/h1,16-25,28-30H,26-27,31H2,2-14H3/b45-38-,46-39-. The number of rotatable bonds is 7. The van der Waals surface area contributed by atoms with Crippen LogP contribution in [0, 0.1) is 12.3 Å². The number of terminal acetylenes is 1. The van der Waals surface area contributed by atoms with E-state index in [-0.39, 0.29) is 89.5 Å². The summed E-state index contributed by atoms with van der Waals surface area (Å²) in [6, 6.07) is 29.5. The Hall–Kier alpha value is -5.11. The molecule has 6 aromatic rings. The molecule has 0 atom stereocenters. The maximum atomic E-state index is 7.07. The molecule has 3 nitrogen and oxygen atoms in total. The van der Waals surface area contributed by atoms with Crippen LogP contribution in [-0.4, -0.2) is 83.9 Å². The van der Waals surface area contributed by atoms with E-state index in [0.717, 1.165) is 46.7 Å². The molecule has 5 aromatic carbocycles. The molecule has 9 rings (SSSR count). The third-order valence-electron chi connectivity index (χ3n) is 16.0. The van der Waals surface area contributed by atoms with Crippen LogP contribution in [0.5, 0.6) is 0 Å². The van der Waals surface area contributed by atoms with Crippen molar-refractivity contribution in [1.29, 1.82) is 0 Å². The fourth-order valence-corrected chi connectivity index (χ4v) is 13.0. The fourth-order valence-electron chi connectivity index (χ4n) is 11.2. The Kier molecular flexibility index (Phi) is 13.7. The van der Waals surface area contributed by atoms with E-state index < -0.39 is 0 Å². The summed E-state index contributed by atoms with van der Waals surface area (Å²) in [4.78, 5) is 8.23. The lowest BCUT2D eigenvalue weighted by molar-refractivity contribution is 0.339. The van der Waals surface area contributed by atoms with Gasteiger partial charge in [-0.2, -0.15) is 11.3 Å². The molecule has 18 radical (unpaired) electrons. The van der Waals surface area contributed by atoms with Gasteiger partial charge in [0.2, 0.25) is 0 Å². The van der Waals surface area contributed by atoms with Crippen molar-refractivity contribution in [1.82, 2.24) is 0 Å². The van der Waals surface area contributed by atoms with E-state index in [1.165, 1.54) is 43.1 Å². The van der Waals surface area contributed by atoms with Crippen molar-refractivity contribution in [3.63, 3.8) is 0 Å². The van der Waals surface area contributed by atoms with Crippen molar-refractivity contribution in [3.05, 3.63) is 128 Å². The van der Waals surface area contributed by atoms with Crippen LogP contribution in [-0.2, 0) is 27.1 Å². The van der Waals surface area contributed by atoms with Gasteiger partial charge >= 0.3 is 0 Å². The van der Waals surface area contributed by atoms with E-state index in [1.54, 1.807) is 0 Å². The van der Waals surface area contributed by atoms with Gasteiger partial charge in [0.1, 0.15) is 70.6 Å². The first-order valence-electron chi connectivity index (χ1n) is 25.9. The second kappa shape index (κ2) is 18.8. The van der Waals surface area contributed by atoms with Crippen LogP contribution in [0.4, 0.5) is 45.5 Å². The zero-order valence-electron chi connectivity index (χ0n) is 46.2. The van der Waals surface area contributed by atoms with Crippen molar-refractivity contribution in [2.45, 2.75) is 130 Å². The molecule has 2 aliphatic heterocycles. The van der Waals surface area contributed by atoms with Crippen molar-refractivity contribution >= 4 is 177 Å². The number of hydrogen-bond acceptors (Lipinski definition) is 4. The quantitative estimate of drug-likeness (QED) is 0.0979. The minimum absolute atomic E-state index is 0.00689. The number of benzene rings is 5. The topological polar surface area (TPSA) is 9.72 Å². The third kappa shape index (κ3) is 9.21. The normalized spacial score (nSPS) is 16.2. The molecule has 75 heavy (non-hydrogen) atoms. The molecular formula is C61H59B10N3S. The summed E-state index contributed by atoms with van der Waals surface area (Å²) in [5, 5.41) is 0. The predicted molar refractivity (Wildman–Crippen MR) is 336 cm³/mol. The molecule has 0 fully saturated rings. The summed E-state index contributed by atoms with van der Waals surface area (Å²) in [6.07, 6.45) is 7.81. The first-order valence-corrected chi connectivity index (χ1v) is 26.7. The van der Waals surface area contributed by atoms with Crippen LogP contribution in [0.3, 0.4) is 0 Å². The Bertz CT molecular complexity index is 3400. The molecule has 14 heteroatoms. The van der Waals surface area contributed by atoms with Crippen molar-refractivity contribution < 1.29 is 0 Å². The van der Waals surface area contributed by atoms with Crippen LogP contribution in [0.1, 0.15) is 130 Å². The number of thiophene rings is 1. The Labute approximate surface area is 465 Å². The van der Waals surface area contributed by atoms with Gasteiger partial charge in [-0.05, 0) is 116 Å². The molecular weight excluding hydrogens is 915 g/mol. The lowest BCUT2D eigenvalue weighted by atomic mass is 9.35. The van der Waals surface area contributed by atoms with Gasteiger partial charge in [0.15, 0.2) is 0 Å². The second-order valence-electron chi connectivity index (χ2n) is 25.3. The first-order chi connectivity index (χ1) is 34.8. The second-order valence-corrected chi connectivity index (χ2v) is 26.4. The average molecular weight is 974 g/mol. The maximum absolute atomic E-state index is 7.07. The van der Waals surface area contributed by atoms with E-state index in [9.17, 15) is 0 Å². The molecule has 0 unspecified atom stereocenters. The number of anilines is 8. The molecule has 1 aromatic heterocycles. The maximum Gasteiger partial charge on any atom is 0.264 e. The Morgan fingerprint density at radius 3 is 1.59 bits per heavy atom. The molecule has 0 spiro atoms. The van der Waals surface area contributed by atoms with Crippen molar-refractivity contribution in [2.24, 2.45) is 0 Å². The Morgan fingerprint density at radius 2 is 1.08 bits per heavy atom. The molecule has 0 amide bonds. The number of fused-ring (bicyclic) bond motifs is 6. The van der Waals surface area contributed by atoms with Crippen LogP contribution in [0.2, 0.25) is 0 Å². The highest BCUT2D eigenvalue weighted by Gasteiger charge is 2.51. The smallest absolute Gasteiger partial charge is 0.264 e. The van der Waals surface area contributed by atoms with E-state index >= 15 is 0 Å². The predicted octanol–water partition coefficient (Wildman–Crippen LogP) is 6.91. The molecule has 3 heterocycles. The molecule has 0 N–H and O–H groups in total. The number of nitrogens with zero attached hydrogens (tertiary/aromatic N) is 3. The highest BCUT2D eigenvalue weighted by Crippen LogP contribution is 2.57. The summed E-state index contributed by atoms with van der Waals surface area (Å²) < 4.78 is 1.32. The monoisotopic (exact) mass is 976 g/mol. The molecule has 0 saturated heterocycles. The Morgan fingerprint density at radius 1 is 0.613 bits per heavy atom. The number of hydrogen-bond donors (Lipinski definition) is 0.